The molecule has 0 aliphatic heterocycles. The van der Waals surface area contributed by atoms with E-state index in [4.69, 9.17) is 14.9 Å². The van der Waals surface area contributed by atoms with Crippen LogP contribution in [0.3, 0.4) is 0 Å². The zero-order chi connectivity index (χ0) is 8.20. The summed E-state index contributed by atoms with van der Waals surface area (Å²) < 4.78 is 25.0. The minimum Gasteiger partial charge on any atom is -0.388 e. The Morgan fingerprint density at radius 1 is 1.60 bits per heavy atom. The Labute approximate surface area is 56.7 Å². The number of aliphatic hydroxyl groups is 1. The molecule has 1 atom stereocenters. The molecular weight excluding hydrogens is 166 g/mol. The van der Waals surface area contributed by atoms with E-state index >= 15 is 0 Å². The largest absolute Gasteiger partial charge is 0.469 e. The van der Waals surface area contributed by atoms with Gasteiger partial charge in [0.15, 0.2) is 0 Å². The van der Waals surface area contributed by atoms with Crippen LogP contribution in [0.5, 0.6) is 0 Å². The molecule has 0 heterocycles. The fourth-order valence-electron chi connectivity index (χ4n) is 0.228. The van der Waals surface area contributed by atoms with Gasteiger partial charge in [-0.3, -0.25) is 4.52 Å². The molecule has 0 rings (SSSR count). The van der Waals surface area contributed by atoms with Gasteiger partial charge in [-0.1, -0.05) is 0 Å². The zero-order valence-corrected chi connectivity index (χ0v) is 5.87. The first-order valence-corrected chi connectivity index (χ1v) is 3.93. The fourth-order valence-corrected chi connectivity index (χ4v) is 0.594. The van der Waals surface area contributed by atoms with Crippen molar-refractivity contribution in [1.82, 2.24) is 0 Å². The van der Waals surface area contributed by atoms with Gasteiger partial charge in [-0.25, -0.2) is 8.96 Å². The Bertz CT molecular complexity index is 133. The summed E-state index contributed by atoms with van der Waals surface area (Å²) in [5.74, 6) is 0. The molecule has 0 aromatic rings. The molecule has 0 aromatic heterocycles. The smallest absolute Gasteiger partial charge is 0.388 e. The van der Waals surface area contributed by atoms with Crippen molar-refractivity contribution in [2.45, 2.75) is 6.10 Å². The van der Waals surface area contributed by atoms with Crippen LogP contribution in [0.15, 0.2) is 0 Å². The maximum Gasteiger partial charge on any atom is 0.469 e. The highest BCUT2D eigenvalue weighted by Gasteiger charge is 2.16. The predicted octanol–water partition coefficient (Wildman–Crippen LogP) is -0.574. The third kappa shape index (κ3) is 6.12. The Kier molecular flexibility index (Phi) is 4.00. The third-order valence-electron chi connectivity index (χ3n) is 0.613. The van der Waals surface area contributed by atoms with Gasteiger partial charge >= 0.3 is 7.82 Å². The van der Waals surface area contributed by atoms with Crippen LogP contribution in [-0.2, 0) is 9.09 Å². The molecule has 0 aromatic carbocycles. The Morgan fingerprint density at radius 2 is 2.10 bits per heavy atom. The van der Waals surface area contributed by atoms with E-state index in [0.717, 1.165) is 0 Å². The molecule has 0 spiro atoms. The molecule has 0 unspecified atom stereocenters. The van der Waals surface area contributed by atoms with E-state index in [0.29, 0.717) is 0 Å². The van der Waals surface area contributed by atoms with E-state index in [2.05, 4.69) is 4.52 Å². The lowest BCUT2D eigenvalue weighted by Crippen LogP contribution is -2.16. The van der Waals surface area contributed by atoms with Crippen molar-refractivity contribution in [3.05, 3.63) is 0 Å². The van der Waals surface area contributed by atoms with Gasteiger partial charge in [-0.15, -0.1) is 0 Å². The number of hydrogen-bond acceptors (Lipinski definition) is 3. The van der Waals surface area contributed by atoms with Crippen molar-refractivity contribution in [2.75, 3.05) is 13.3 Å². The first-order valence-electron chi connectivity index (χ1n) is 2.40. The third-order valence-corrected chi connectivity index (χ3v) is 1.10. The second kappa shape index (κ2) is 4.00. The molecule has 3 N–H and O–H groups in total. The first kappa shape index (κ1) is 10.0. The van der Waals surface area contributed by atoms with Crippen molar-refractivity contribution in [1.29, 1.82) is 0 Å². The standard InChI is InChI=1S/C3H8FO5P/c4-1-3(5)2-9-10(6,7)8/h3,5H,1-2H2,(H2,6,7,8)/t3-/m1/s1. The van der Waals surface area contributed by atoms with E-state index in [9.17, 15) is 8.96 Å². The SMILES string of the molecule is O=P(O)(O)OC[C@H](O)CF. The molecule has 7 heteroatoms. The van der Waals surface area contributed by atoms with E-state index in [-0.39, 0.29) is 0 Å². The van der Waals surface area contributed by atoms with Crippen molar-refractivity contribution in [3.8, 4) is 0 Å². The summed E-state index contributed by atoms with van der Waals surface area (Å²) >= 11 is 0. The van der Waals surface area contributed by atoms with Gasteiger partial charge in [0.1, 0.15) is 12.8 Å². The van der Waals surface area contributed by atoms with Crippen molar-refractivity contribution >= 4 is 7.82 Å². The van der Waals surface area contributed by atoms with Gasteiger partial charge < -0.3 is 14.9 Å². The lowest BCUT2D eigenvalue weighted by Gasteiger charge is -2.06. The van der Waals surface area contributed by atoms with Crippen LogP contribution in [0.4, 0.5) is 4.39 Å². The summed E-state index contributed by atoms with van der Waals surface area (Å²) in [6.07, 6.45) is -1.47. The van der Waals surface area contributed by atoms with Crippen LogP contribution < -0.4 is 0 Å². The topological polar surface area (TPSA) is 87.0 Å². The highest BCUT2D eigenvalue weighted by Crippen LogP contribution is 2.35. The van der Waals surface area contributed by atoms with E-state index in [1.54, 1.807) is 0 Å². The first-order chi connectivity index (χ1) is 4.45. The monoisotopic (exact) mass is 174 g/mol. The lowest BCUT2D eigenvalue weighted by atomic mass is 10.4. The van der Waals surface area contributed by atoms with Crippen LogP contribution in [0.2, 0.25) is 0 Å². The molecule has 0 amide bonds. The fraction of sp³-hybridized carbons (Fsp3) is 1.00. The average molecular weight is 174 g/mol. The molecule has 10 heavy (non-hydrogen) atoms. The number of phosphoric acid groups is 1. The molecule has 0 aliphatic carbocycles. The molecular formula is C3H8FO5P. The van der Waals surface area contributed by atoms with Crippen molar-refractivity contribution < 1.29 is 28.4 Å². The summed E-state index contributed by atoms with van der Waals surface area (Å²) in [6, 6.07) is 0. The quantitative estimate of drug-likeness (QED) is 0.496. The van der Waals surface area contributed by atoms with Crippen molar-refractivity contribution in [3.63, 3.8) is 0 Å². The maximum atomic E-state index is 11.4. The van der Waals surface area contributed by atoms with Crippen LogP contribution in [-0.4, -0.2) is 34.3 Å². The highest BCUT2D eigenvalue weighted by molar-refractivity contribution is 7.46. The van der Waals surface area contributed by atoms with Gasteiger partial charge in [0, 0.05) is 0 Å². The minimum atomic E-state index is -4.56. The zero-order valence-electron chi connectivity index (χ0n) is 4.97. The maximum absolute atomic E-state index is 11.4. The molecule has 0 bridgehead atoms. The Balaban J connectivity index is 3.46. The summed E-state index contributed by atoms with van der Waals surface area (Å²) in [6.45, 7) is -1.78. The number of halogens is 1. The van der Waals surface area contributed by atoms with Gasteiger partial charge in [-0.05, 0) is 0 Å². The Morgan fingerprint density at radius 3 is 2.40 bits per heavy atom. The number of alkyl halides is 1. The number of aliphatic hydroxyl groups excluding tert-OH is 1. The predicted molar refractivity (Wildman–Crippen MR) is 30.0 cm³/mol. The molecule has 62 valence electrons. The van der Waals surface area contributed by atoms with E-state index in [1.807, 2.05) is 0 Å². The summed E-state index contributed by atoms with van der Waals surface area (Å²) in [5, 5.41) is 8.38. The lowest BCUT2D eigenvalue weighted by molar-refractivity contribution is 0.0671. The second-order valence-corrected chi connectivity index (χ2v) is 2.83. The summed E-state index contributed by atoms with van der Waals surface area (Å²) in [7, 11) is -4.56. The van der Waals surface area contributed by atoms with Crippen molar-refractivity contribution in [2.24, 2.45) is 0 Å². The summed E-state index contributed by atoms with van der Waals surface area (Å²) in [4.78, 5) is 16.0. The molecule has 0 saturated heterocycles. The minimum absolute atomic E-state index is 0.694. The average Bonchev–Trinajstić information content (AvgIpc) is 1.81. The molecule has 0 radical (unpaired) electrons. The molecule has 0 aliphatic rings. The number of hydrogen-bond donors (Lipinski definition) is 3. The highest BCUT2D eigenvalue weighted by atomic mass is 31.2. The number of rotatable bonds is 4. The van der Waals surface area contributed by atoms with E-state index < -0.39 is 27.2 Å². The van der Waals surface area contributed by atoms with Gasteiger partial charge in [-0.2, -0.15) is 0 Å². The molecule has 0 saturated carbocycles. The Hall–Kier alpha value is -0.0000000000000000555. The van der Waals surface area contributed by atoms with Gasteiger partial charge in [0.05, 0.1) is 6.61 Å². The van der Waals surface area contributed by atoms with Gasteiger partial charge in [0.25, 0.3) is 0 Å². The van der Waals surface area contributed by atoms with Gasteiger partial charge in [0.2, 0.25) is 0 Å². The second-order valence-electron chi connectivity index (χ2n) is 1.59. The van der Waals surface area contributed by atoms with Crippen LogP contribution >= 0.6 is 7.82 Å². The van der Waals surface area contributed by atoms with Crippen LogP contribution in [0.1, 0.15) is 0 Å². The molecule has 5 nitrogen and oxygen atoms in total. The van der Waals surface area contributed by atoms with E-state index in [1.165, 1.54) is 0 Å². The molecule has 0 fully saturated rings. The normalized spacial score (nSPS) is 15.2. The van der Waals surface area contributed by atoms with Crippen LogP contribution in [0.25, 0.3) is 0 Å². The number of phosphoric ester groups is 1. The summed E-state index contributed by atoms with van der Waals surface area (Å²) in [5.41, 5.74) is 0. The van der Waals surface area contributed by atoms with Crippen LogP contribution in [0, 0.1) is 0 Å².